The molecule has 6 nitrogen and oxygen atoms in total. The van der Waals surface area contributed by atoms with Crippen molar-refractivity contribution in [2.75, 3.05) is 12.4 Å². The summed E-state index contributed by atoms with van der Waals surface area (Å²) in [5.41, 5.74) is 0.880. The lowest BCUT2D eigenvalue weighted by Gasteiger charge is -2.07. The number of carbonyl (C=O) groups is 1. The molecule has 0 atom stereocenters. The van der Waals surface area contributed by atoms with Crippen molar-refractivity contribution in [2.24, 2.45) is 0 Å². The molecular weight excluding hydrogens is 374 g/mol. The highest BCUT2D eigenvalue weighted by molar-refractivity contribution is 7.13. The molecule has 0 saturated carbocycles. The van der Waals surface area contributed by atoms with Crippen LogP contribution in [0.15, 0.2) is 52.0 Å². The first-order chi connectivity index (χ1) is 12.6. The van der Waals surface area contributed by atoms with E-state index in [0.717, 1.165) is 0 Å². The fourth-order valence-corrected chi connectivity index (χ4v) is 3.11. The number of halogens is 1. The van der Waals surface area contributed by atoms with Gasteiger partial charge in [0, 0.05) is 11.1 Å². The summed E-state index contributed by atoms with van der Waals surface area (Å²) < 4.78 is 10.3. The molecule has 0 bridgehead atoms. The number of hydrogen-bond donors (Lipinski definition) is 1. The van der Waals surface area contributed by atoms with Crippen LogP contribution in [0, 0.1) is 11.3 Å². The number of methoxy groups -OCH3 is 1. The summed E-state index contributed by atoms with van der Waals surface area (Å²) in [7, 11) is 1.50. The van der Waals surface area contributed by atoms with Gasteiger partial charge in [0.15, 0.2) is 10.8 Å². The molecule has 0 aliphatic heterocycles. The highest BCUT2D eigenvalue weighted by atomic mass is 35.5. The Morgan fingerprint density at radius 1 is 1.46 bits per heavy atom. The zero-order valence-electron chi connectivity index (χ0n) is 13.5. The third-order valence-electron chi connectivity index (χ3n) is 3.32. The number of furan rings is 1. The number of nitriles is 1. The smallest absolute Gasteiger partial charge is 0.266 e. The van der Waals surface area contributed by atoms with Crippen LogP contribution in [0.25, 0.3) is 16.8 Å². The minimum Gasteiger partial charge on any atom is -0.495 e. The average molecular weight is 386 g/mol. The van der Waals surface area contributed by atoms with Crippen LogP contribution in [-0.2, 0) is 4.79 Å². The number of aromatic nitrogens is 1. The Bertz CT molecular complexity index is 1000. The summed E-state index contributed by atoms with van der Waals surface area (Å²) in [6.07, 6.45) is 2.98. The molecule has 0 fully saturated rings. The summed E-state index contributed by atoms with van der Waals surface area (Å²) in [5.74, 6) is 0.570. The van der Waals surface area contributed by atoms with Gasteiger partial charge in [0.05, 0.1) is 24.1 Å². The SMILES string of the molecule is COc1ccc(NC(=O)C(C#N)=Cc2csc(-c3ccco3)n2)cc1Cl. The quantitative estimate of drug-likeness (QED) is 0.511. The van der Waals surface area contributed by atoms with Crippen molar-refractivity contribution in [2.45, 2.75) is 0 Å². The van der Waals surface area contributed by atoms with E-state index in [9.17, 15) is 10.1 Å². The number of nitrogens with zero attached hydrogens (tertiary/aromatic N) is 2. The Kier molecular flexibility index (Phi) is 5.37. The second-order valence-corrected chi connectivity index (χ2v) is 6.29. The minimum atomic E-state index is -0.554. The summed E-state index contributed by atoms with van der Waals surface area (Å²) in [5, 5.41) is 14.7. The maximum Gasteiger partial charge on any atom is 0.266 e. The number of rotatable bonds is 5. The molecule has 130 valence electrons. The van der Waals surface area contributed by atoms with Gasteiger partial charge in [0.25, 0.3) is 5.91 Å². The van der Waals surface area contributed by atoms with Gasteiger partial charge in [-0.3, -0.25) is 4.79 Å². The number of benzene rings is 1. The van der Waals surface area contributed by atoms with E-state index in [1.165, 1.54) is 24.5 Å². The van der Waals surface area contributed by atoms with Crippen molar-refractivity contribution in [1.29, 1.82) is 5.26 Å². The molecule has 0 radical (unpaired) electrons. The first-order valence-electron chi connectivity index (χ1n) is 7.37. The molecular formula is C18H12ClN3O3S. The summed E-state index contributed by atoms with van der Waals surface area (Å²) >= 11 is 7.39. The van der Waals surface area contributed by atoms with Gasteiger partial charge in [-0.25, -0.2) is 4.98 Å². The van der Waals surface area contributed by atoms with Crippen LogP contribution in [0.2, 0.25) is 5.02 Å². The Morgan fingerprint density at radius 2 is 2.31 bits per heavy atom. The maximum absolute atomic E-state index is 12.3. The standard InChI is InChI=1S/C18H12ClN3O3S/c1-24-15-5-4-12(8-14(15)19)21-17(23)11(9-20)7-13-10-26-18(22-13)16-3-2-6-25-16/h2-8,10H,1H3,(H,21,23). The van der Waals surface area contributed by atoms with Gasteiger partial charge < -0.3 is 14.5 Å². The number of hydrogen-bond acceptors (Lipinski definition) is 6. The van der Waals surface area contributed by atoms with Gasteiger partial charge in [-0.05, 0) is 36.4 Å². The van der Waals surface area contributed by atoms with Crippen LogP contribution in [0.1, 0.15) is 5.69 Å². The number of amides is 1. The predicted molar refractivity (Wildman–Crippen MR) is 100 cm³/mol. The van der Waals surface area contributed by atoms with Gasteiger partial charge in [-0.15, -0.1) is 11.3 Å². The summed E-state index contributed by atoms with van der Waals surface area (Å²) in [6.45, 7) is 0. The monoisotopic (exact) mass is 385 g/mol. The number of carbonyl (C=O) groups excluding carboxylic acids is 1. The normalized spacial score (nSPS) is 11.0. The van der Waals surface area contributed by atoms with Crippen LogP contribution < -0.4 is 10.1 Å². The van der Waals surface area contributed by atoms with Gasteiger partial charge in [-0.1, -0.05) is 11.6 Å². The first-order valence-corrected chi connectivity index (χ1v) is 8.62. The minimum absolute atomic E-state index is 0.0757. The second kappa shape index (κ2) is 7.87. The van der Waals surface area contributed by atoms with Crippen LogP contribution in [0.4, 0.5) is 5.69 Å². The highest BCUT2D eigenvalue weighted by Gasteiger charge is 2.13. The van der Waals surface area contributed by atoms with Crippen molar-refractivity contribution in [1.82, 2.24) is 4.98 Å². The van der Waals surface area contributed by atoms with Gasteiger partial charge in [0.1, 0.15) is 17.4 Å². The second-order valence-electron chi connectivity index (χ2n) is 5.03. The Balaban J connectivity index is 1.78. The van der Waals surface area contributed by atoms with E-state index in [0.29, 0.717) is 32.9 Å². The molecule has 3 rings (SSSR count). The van der Waals surface area contributed by atoms with Crippen LogP contribution in [0.5, 0.6) is 5.75 Å². The van der Waals surface area contributed by atoms with Crippen LogP contribution >= 0.6 is 22.9 Å². The van der Waals surface area contributed by atoms with Crippen molar-refractivity contribution >= 4 is 40.6 Å². The third kappa shape index (κ3) is 3.94. The molecule has 0 unspecified atom stereocenters. The lowest BCUT2D eigenvalue weighted by Crippen LogP contribution is -2.13. The van der Waals surface area contributed by atoms with Crippen molar-refractivity contribution in [3.63, 3.8) is 0 Å². The molecule has 2 aromatic heterocycles. The van der Waals surface area contributed by atoms with Crippen molar-refractivity contribution < 1.29 is 13.9 Å². The number of thiazole rings is 1. The molecule has 8 heteroatoms. The third-order valence-corrected chi connectivity index (χ3v) is 4.49. The van der Waals surface area contributed by atoms with E-state index in [1.807, 2.05) is 6.07 Å². The molecule has 0 aliphatic rings. The molecule has 1 N–H and O–H groups in total. The molecule has 3 aromatic rings. The summed E-state index contributed by atoms with van der Waals surface area (Å²) in [4.78, 5) is 16.7. The Labute approximate surface area is 158 Å². The number of ether oxygens (including phenoxy) is 1. The van der Waals surface area contributed by atoms with E-state index in [4.69, 9.17) is 20.8 Å². The lowest BCUT2D eigenvalue weighted by molar-refractivity contribution is -0.112. The molecule has 1 aromatic carbocycles. The molecule has 0 saturated heterocycles. The predicted octanol–water partition coefficient (Wildman–Crippen LogP) is 4.61. The molecule has 2 heterocycles. The molecule has 1 amide bonds. The number of anilines is 1. The zero-order chi connectivity index (χ0) is 18.5. The van der Waals surface area contributed by atoms with E-state index in [2.05, 4.69) is 10.3 Å². The van der Waals surface area contributed by atoms with Crippen molar-refractivity contribution in [3.05, 3.63) is 58.3 Å². The summed E-state index contributed by atoms with van der Waals surface area (Å²) in [6, 6.07) is 10.2. The van der Waals surface area contributed by atoms with E-state index >= 15 is 0 Å². The van der Waals surface area contributed by atoms with E-state index in [-0.39, 0.29) is 5.57 Å². The van der Waals surface area contributed by atoms with Crippen molar-refractivity contribution in [3.8, 4) is 22.6 Å². The molecule has 0 spiro atoms. The fraction of sp³-hybridized carbons (Fsp3) is 0.0556. The molecule has 0 aliphatic carbocycles. The van der Waals surface area contributed by atoms with Crippen LogP contribution in [-0.4, -0.2) is 18.0 Å². The Hall–Kier alpha value is -3.08. The van der Waals surface area contributed by atoms with Crippen LogP contribution in [0.3, 0.4) is 0 Å². The highest BCUT2D eigenvalue weighted by Crippen LogP contribution is 2.28. The van der Waals surface area contributed by atoms with Gasteiger partial charge >= 0.3 is 0 Å². The van der Waals surface area contributed by atoms with E-state index < -0.39 is 5.91 Å². The Morgan fingerprint density at radius 3 is 2.96 bits per heavy atom. The van der Waals surface area contributed by atoms with Gasteiger partial charge in [0.2, 0.25) is 0 Å². The fourth-order valence-electron chi connectivity index (χ4n) is 2.10. The van der Waals surface area contributed by atoms with Gasteiger partial charge in [-0.2, -0.15) is 5.26 Å². The molecule has 26 heavy (non-hydrogen) atoms. The lowest BCUT2D eigenvalue weighted by atomic mass is 10.2. The number of nitrogens with one attached hydrogen (secondary N) is 1. The maximum atomic E-state index is 12.3. The topological polar surface area (TPSA) is 88.1 Å². The zero-order valence-corrected chi connectivity index (χ0v) is 15.1. The van der Waals surface area contributed by atoms with E-state index in [1.54, 1.807) is 42.0 Å². The first kappa shape index (κ1) is 17.7. The average Bonchev–Trinajstić information content (AvgIpc) is 3.31. The largest absolute Gasteiger partial charge is 0.495 e.